The van der Waals surface area contributed by atoms with Gasteiger partial charge >= 0.3 is 5.97 Å². The zero-order valence-corrected chi connectivity index (χ0v) is 16.0. The molecule has 3 N–H and O–H groups in total. The Morgan fingerprint density at radius 2 is 2.04 bits per heavy atom. The van der Waals surface area contributed by atoms with Gasteiger partial charge in [-0.05, 0) is 44.2 Å². The van der Waals surface area contributed by atoms with Crippen LogP contribution < -0.4 is 5.32 Å². The van der Waals surface area contributed by atoms with Crippen LogP contribution in [0.1, 0.15) is 48.7 Å². The standard InChI is InChI=1S/C19H25N3O3S/c1-3-25-17(23)7-5-4-6-10-21-19(24)16-12-14-11-13(18(20)26-2)8-9-15(14)22-16/h8-9,11-12,20,22H,3-7,10H2,1-2H3,(H,21,24). The van der Waals surface area contributed by atoms with E-state index in [-0.39, 0.29) is 11.9 Å². The number of nitrogens with one attached hydrogen (secondary N) is 3. The zero-order valence-electron chi connectivity index (χ0n) is 15.2. The number of unbranched alkanes of at least 4 members (excludes halogenated alkanes) is 2. The summed E-state index contributed by atoms with van der Waals surface area (Å²) in [5.74, 6) is -0.309. The topological polar surface area (TPSA) is 95.0 Å². The van der Waals surface area contributed by atoms with Crippen molar-refractivity contribution in [1.82, 2.24) is 10.3 Å². The van der Waals surface area contributed by atoms with Crippen LogP contribution in [-0.2, 0) is 9.53 Å². The summed E-state index contributed by atoms with van der Waals surface area (Å²) in [6, 6.07) is 7.49. The Kier molecular flexibility index (Phi) is 7.72. The number of ether oxygens (including phenoxy) is 1. The molecule has 6 nitrogen and oxygen atoms in total. The number of carbonyl (C=O) groups excluding carboxylic acids is 2. The number of carbonyl (C=O) groups is 2. The largest absolute Gasteiger partial charge is 0.466 e. The molecule has 0 fully saturated rings. The molecule has 0 aliphatic heterocycles. The average Bonchev–Trinajstić information content (AvgIpc) is 3.07. The van der Waals surface area contributed by atoms with Crippen LogP contribution in [0.5, 0.6) is 0 Å². The van der Waals surface area contributed by atoms with Crippen molar-refractivity contribution in [3.8, 4) is 0 Å². The van der Waals surface area contributed by atoms with Crippen LogP contribution in [0.15, 0.2) is 24.3 Å². The Balaban J connectivity index is 1.80. The minimum absolute atomic E-state index is 0.145. The maximum absolute atomic E-state index is 12.3. The highest BCUT2D eigenvalue weighted by Gasteiger charge is 2.10. The predicted octanol–water partition coefficient (Wildman–Crippen LogP) is 3.71. The Morgan fingerprint density at radius 3 is 2.77 bits per heavy atom. The van der Waals surface area contributed by atoms with Crippen molar-refractivity contribution in [2.24, 2.45) is 0 Å². The summed E-state index contributed by atoms with van der Waals surface area (Å²) >= 11 is 1.39. The maximum atomic E-state index is 12.3. The minimum Gasteiger partial charge on any atom is -0.466 e. The molecule has 0 spiro atoms. The van der Waals surface area contributed by atoms with E-state index in [0.717, 1.165) is 35.7 Å². The van der Waals surface area contributed by atoms with Gasteiger partial charge in [0.15, 0.2) is 0 Å². The van der Waals surface area contributed by atoms with Crippen LogP contribution in [-0.4, -0.2) is 41.3 Å². The first-order chi connectivity index (χ1) is 12.5. The fraction of sp³-hybridized carbons (Fsp3) is 0.421. The summed E-state index contributed by atoms with van der Waals surface area (Å²) in [7, 11) is 0. The number of amides is 1. The van der Waals surface area contributed by atoms with E-state index in [1.54, 1.807) is 6.92 Å². The van der Waals surface area contributed by atoms with E-state index >= 15 is 0 Å². The number of rotatable bonds is 9. The summed E-state index contributed by atoms with van der Waals surface area (Å²) in [6.07, 6.45) is 4.75. The first kappa shape index (κ1) is 20.0. The van der Waals surface area contributed by atoms with Gasteiger partial charge in [0.1, 0.15) is 5.69 Å². The third-order valence-corrected chi connectivity index (χ3v) is 4.62. The fourth-order valence-corrected chi connectivity index (χ4v) is 2.98. The van der Waals surface area contributed by atoms with Crippen LogP contribution in [0.3, 0.4) is 0 Å². The average molecular weight is 375 g/mol. The van der Waals surface area contributed by atoms with Crippen molar-refractivity contribution in [2.45, 2.75) is 32.6 Å². The third-order valence-electron chi connectivity index (χ3n) is 3.98. The van der Waals surface area contributed by atoms with Crippen molar-refractivity contribution in [2.75, 3.05) is 19.4 Å². The summed E-state index contributed by atoms with van der Waals surface area (Å²) in [5.41, 5.74) is 2.24. The van der Waals surface area contributed by atoms with Crippen LogP contribution in [0.4, 0.5) is 0 Å². The second-order valence-corrected chi connectivity index (χ2v) is 6.71. The number of H-pyrrole nitrogens is 1. The molecular formula is C19H25N3O3S. The van der Waals surface area contributed by atoms with Gasteiger partial charge in [-0.15, -0.1) is 11.8 Å². The molecule has 1 aromatic heterocycles. The first-order valence-electron chi connectivity index (χ1n) is 8.74. The molecule has 140 valence electrons. The molecule has 1 aromatic carbocycles. The second-order valence-electron chi connectivity index (χ2n) is 5.89. The predicted molar refractivity (Wildman–Crippen MR) is 106 cm³/mol. The van der Waals surface area contributed by atoms with Gasteiger partial charge in [-0.3, -0.25) is 15.0 Å². The molecule has 0 unspecified atom stereocenters. The lowest BCUT2D eigenvalue weighted by atomic mass is 10.1. The normalized spacial score (nSPS) is 10.7. The van der Waals surface area contributed by atoms with Gasteiger partial charge < -0.3 is 15.0 Å². The minimum atomic E-state index is -0.163. The molecular weight excluding hydrogens is 350 g/mol. The lowest BCUT2D eigenvalue weighted by Gasteiger charge is -2.04. The Morgan fingerprint density at radius 1 is 1.23 bits per heavy atom. The number of aromatic amines is 1. The monoisotopic (exact) mass is 375 g/mol. The molecule has 26 heavy (non-hydrogen) atoms. The summed E-state index contributed by atoms with van der Waals surface area (Å²) < 4.78 is 4.88. The van der Waals surface area contributed by atoms with E-state index in [1.165, 1.54) is 11.8 Å². The second kappa shape index (κ2) is 10.0. The van der Waals surface area contributed by atoms with E-state index in [2.05, 4.69) is 10.3 Å². The van der Waals surface area contributed by atoms with Crippen molar-refractivity contribution in [3.05, 3.63) is 35.5 Å². The Bertz CT molecular complexity index is 785. The number of aromatic nitrogens is 1. The van der Waals surface area contributed by atoms with E-state index in [1.807, 2.05) is 30.5 Å². The van der Waals surface area contributed by atoms with Crippen LogP contribution in [0, 0.1) is 5.41 Å². The van der Waals surface area contributed by atoms with Crippen molar-refractivity contribution < 1.29 is 14.3 Å². The number of benzene rings is 1. The Labute approximate surface area is 157 Å². The molecule has 0 saturated carbocycles. The van der Waals surface area contributed by atoms with Crippen LogP contribution in [0.25, 0.3) is 10.9 Å². The number of hydrogen-bond acceptors (Lipinski definition) is 5. The van der Waals surface area contributed by atoms with Crippen LogP contribution >= 0.6 is 11.8 Å². The van der Waals surface area contributed by atoms with E-state index < -0.39 is 0 Å². The number of thioether (sulfide) groups is 1. The quantitative estimate of drug-likeness (QED) is 0.269. The third kappa shape index (κ3) is 5.62. The zero-order chi connectivity index (χ0) is 18.9. The molecule has 1 heterocycles. The van der Waals surface area contributed by atoms with Gasteiger partial charge in [0.25, 0.3) is 5.91 Å². The summed E-state index contributed by atoms with van der Waals surface area (Å²) in [6.45, 7) is 2.78. The first-order valence-corrected chi connectivity index (χ1v) is 9.97. The lowest BCUT2D eigenvalue weighted by molar-refractivity contribution is -0.143. The number of fused-ring (bicyclic) bond motifs is 1. The van der Waals surface area contributed by atoms with E-state index in [9.17, 15) is 9.59 Å². The molecule has 0 atom stereocenters. The SMILES string of the molecule is CCOC(=O)CCCCCNC(=O)c1cc2cc(C(=N)SC)ccc2[nH]1. The van der Waals surface area contributed by atoms with Gasteiger partial charge in [-0.1, -0.05) is 12.5 Å². The number of hydrogen-bond donors (Lipinski definition) is 3. The maximum Gasteiger partial charge on any atom is 0.305 e. The van der Waals surface area contributed by atoms with Gasteiger partial charge in [0.2, 0.25) is 0 Å². The molecule has 0 saturated heterocycles. The summed E-state index contributed by atoms with van der Waals surface area (Å²) in [5, 5.41) is 12.2. The van der Waals surface area contributed by atoms with Crippen molar-refractivity contribution >= 4 is 39.6 Å². The van der Waals surface area contributed by atoms with E-state index in [4.69, 9.17) is 10.1 Å². The fourth-order valence-electron chi connectivity index (χ4n) is 2.62. The molecule has 2 aromatic rings. The molecule has 0 aliphatic rings. The van der Waals surface area contributed by atoms with Gasteiger partial charge in [-0.2, -0.15) is 0 Å². The van der Waals surface area contributed by atoms with Crippen molar-refractivity contribution in [1.29, 1.82) is 5.41 Å². The lowest BCUT2D eigenvalue weighted by Crippen LogP contribution is -2.24. The molecule has 1 amide bonds. The summed E-state index contributed by atoms with van der Waals surface area (Å²) in [4.78, 5) is 26.6. The molecule has 0 radical (unpaired) electrons. The van der Waals surface area contributed by atoms with Gasteiger partial charge in [0, 0.05) is 29.4 Å². The van der Waals surface area contributed by atoms with Crippen molar-refractivity contribution in [3.63, 3.8) is 0 Å². The highest BCUT2D eigenvalue weighted by molar-refractivity contribution is 8.13. The van der Waals surface area contributed by atoms with E-state index in [0.29, 0.717) is 30.3 Å². The van der Waals surface area contributed by atoms with Gasteiger partial charge in [0.05, 0.1) is 11.7 Å². The highest BCUT2D eigenvalue weighted by atomic mass is 32.2. The Hall–Kier alpha value is -2.28. The molecule has 0 aliphatic carbocycles. The number of esters is 1. The highest BCUT2D eigenvalue weighted by Crippen LogP contribution is 2.19. The molecule has 7 heteroatoms. The smallest absolute Gasteiger partial charge is 0.305 e. The van der Waals surface area contributed by atoms with Gasteiger partial charge in [-0.25, -0.2) is 0 Å². The molecule has 2 rings (SSSR count). The molecule has 0 bridgehead atoms. The van der Waals surface area contributed by atoms with Crippen LogP contribution in [0.2, 0.25) is 0 Å².